The minimum atomic E-state index is 0.367. The van der Waals surface area contributed by atoms with Crippen LogP contribution in [0.2, 0.25) is 0 Å². The predicted molar refractivity (Wildman–Crippen MR) is 110 cm³/mol. The molecular weight excluding hydrogens is 352 g/mol. The Bertz CT molecular complexity index is 252. The largest absolute Gasteiger partial charge is 0.396 e. The van der Waals surface area contributed by atoms with Gasteiger partial charge in [-0.2, -0.15) is 0 Å². The number of ether oxygens (including phenoxy) is 3. The Hall–Kier alpha value is 0.130. The summed E-state index contributed by atoms with van der Waals surface area (Å²) in [7, 11) is 0. The monoisotopic (exact) mass is 394 g/mol. The highest BCUT2D eigenvalue weighted by Crippen LogP contribution is 2.09. The minimum Gasteiger partial charge on any atom is -0.396 e. The Kier molecular flexibility index (Phi) is 21.5. The normalized spacial score (nSPS) is 19.8. The lowest BCUT2D eigenvalue weighted by atomic mass is 10.1. The second kappa shape index (κ2) is 21.4. The Morgan fingerprint density at radius 2 is 1.31 bits per heavy atom. The molecule has 0 spiro atoms. The first-order chi connectivity index (χ1) is 12.8. The van der Waals surface area contributed by atoms with Crippen LogP contribution in [-0.2, 0) is 14.2 Å². The smallest absolute Gasteiger partial charge is 0.104 e. The Balaban J connectivity index is 0.000000391. The second-order valence-electron chi connectivity index (χ2n) is 7.05. The summed E-state index contributed by atoms with van der Waals surface area (Å²) in [5.41, 5.74) is 0. The first kappa shape index (κ1) is 26.1. The van der Waals surface area contributed by atoms with Gasteiger partial charge in [0.05, 0.1) is 31.8 Å². The third-order valence-electron chi connectivity index (χ3n) is 4.18. The maximum Gasteiger partial charge on any atom is 0.104 e. The van der Waals surface area contributed by atoms with Gasteiger partial charge in [-0.1, -0.05) is 71.6 Å². The highest BCUT2D eigenvalue weighted by atomic mass is 35.5. The molecule has 2 atom stereocenters. The Morgan fingerprint density at radius 1 is 0.808 bits per heavy atom. The zero-order valence-corrected chi connectivity index (χ0v) is 18.0. The van der Waals surface area contributed by atoms with Gasteiger partial charge in [0.25, 0.3) is 0 Å². The van der Waals surface area contributed by atoms with Crippen LogP contribution in [-0.4, -0.2) is 56.2 Å². The summed E-state index contributed by atoms with van der Waals surface area (Å²) >= 11 is 5.27. The van der Waals surface area contributed by atoms with E-state index in [2.05, 4.69) is 13.8 Å². The van der Waals surface area contributed by atoms with E-state index < -0.39 is 0 Å². The average molecular weight is 395 g/mol. The SMILES string of the molecule is CCCCCCCCO.CCCCCCCOC[C@@H]1CO1.ClC[C@H]1CO1. The number of alkyl halides is 1. The number of aliphatic hydroxyl groups is 1. The minimum absolute atomic E-state index is 0.367. The van der Waals surface area contributed by atoms with Crippen molar-refractivity contribution in [3.63, 3.8) is 0 Å². The van der Waals surface area contributed by atoms with E-state index in [1.54, 1.807) is 0 Å². The molecule has 0 amide bonds. The molecule has 2 rings (SSSR count). The van der Waals surface area contributed by atoms with Gasteiger partial charge in [0, 0.05) is 13.2 Å². The maximum absolute atomic E-state index is 8.42. The number of unbranched alkanes of at least 4 members (excludes halogenated alkanes) is 9. The molecule has 1 N–H and O–H groups in total. The van der Waals surface area contributed by atoms with Crippen LogP contribution in [0.4, 0.5) is 0 Å². The molecular formula is C21H43ClO4. The number of rotatable bonds is 15. The van der Waals surface area contributed by atoms with E-state index in [-0.39, 0.29) is 0 Å². The van der Waals surface area contributed by atoms with Crippen molar-refractivity contribution in [2.75, 3.05) is 38.9 Å². The Labute approximate surface area is 166 Å². The van der Waals surface area contributed by atoms with Crippen LogP contribution in [0.15, 0.2) is 0 Å². The van der Waals surface area contributed by atoms with Gasteiger partial charge in [0.1, 0.15) is 6.10 Å². The number of epoxide rings is 2. The van der Waals surface area contributed by atoms with Crippen LogP contribution < -0.4 is 0 Å². The summed E-state index contributed by atoms with van der Waals surface area (Å²) in [5, 5.41) is 8.42. The zero-order valence-electron chi connectivity index (χ0n) is 17.2. The summed E-state index contributed by atoms with van der Waals surface area (Å²) < 4.78 is 15.2. The summed E-state index contributed by atoms with van der Waals surface area (Å²) in [6.45, 7) is 8.34. The average Bonchev–Trinajstić information content (AvgIpc) is 3.56. The molecule has 0 aromatic carbocycles. The molecule has 0 aromatic rings. The lowest BCUT2D eigenvalue weighted by Crippen LogP contribution is -2.02. The van der Waals surface area contributed by atoms with Crippen molar-refractivity contribution in [3.05, 3.63) is 0 Å². The third-order valence-corrected chi connectivity index (χ3v) is 4.53. The molecule has 0 aliphatic carbocycles. The fourth-order valence-electron chi connectivity index (χ4n) is 2.24. The standard InChI is InChI=1S/C10H20O2.C8H18O.C3H5ClO/c1-2-3-4-5-6-7-11-8-10-9-12-10;1-2-3-4-5-6-7-8-9;4-1-3-2-5-3/h10H,2-9H2,1H3;9H,2-8H2,1H3;3H,1-2H2/t10-;;3-/m1.0/s1. The number of hydrogen-bond acceptors (Lipinski definition) is 4. The molecule has 0 radical (unpaired) electrons. The van der Waals surface area contributed by atoms with Crippen LogP contribution in [0, 0.1) is 0 Å². The highest BCUT2D eigenvalue weighted by molar-refractivity contribution is 6.18. The van der Waals surface area contributed by atoms with E-state index in [1.165, 1.54) is 64.2 Å². The first-order valence-electron chi connectivity index (χ1n) is 10.8. The van der Waals surface area contributed by atoms with E-state index >= 15 is 0 Å². The van der Waals surface area contributed by atoms with Crippen LogP contribution in [0.3, 0.4) is 0 Å². The van der Waals surface area contributed by atoms with Crippen LogP contribution in [0.5, 0.6) is 0 Å². The summed E-state index contributed by atoms with van der Waals surface area (Å²) in [4.78, 5) is 0. The van der Waals surface area contributed by atoms with E-state index in [9.17, 15) is 0 Å². The molecule has 2 fully saturated rings. The lowest BCUT2D eigenvalue weighted by molar-refractivity contribution is 0.113. The molecule has 2 aliphatic rings. The molecule has 0 saturated carbocycles. The van der Waals surface area contributed by atoms with Crippen molar-refractivity contribution < 1.29 is 19.3 Å². The van der Waals surface area contributed by atoms with Gasteiger partial charge < -0.3 is 19.3 Å². The highest BCUT2D eigenvalue weighted by Gasteiger charge is 2.21. The quantitative estimate of drug-likeness (QED) is 0.231. The number of halogens is 1. The van der Waals surface area contributed by atoms with Gasteiger partial charge in [-0.3, -0.25) is 0 Å². The van der Waals surface area contributed by atoms with Crippen LogP contribution in [0.25, 0.3) is 0 Å². The third kappa shape index (κ3) is 24.1. The lowest BCUT2D eigenvalue weighted by Gasteiger charge is -2.01. The molecule has 2 heterocycles. The van der Waals surface area contributed by atoms with Crippen LogP contribution >= 0.6 is 11.6 Å². The van der Waals surface area contributed by atoms with Crippen LogP contribution in [0.1, 0.15) is 84.5 Å². The van der Waals surface area contributed by atoms with Gasteiger partial charge >= 0.3 is 0 Å². The van der Waals surface area contributed by atoms with Crippen molar-refractivity contribution in [3.8, 4) is 0 Å². The molecule has 0 aromatic heterocycles. The topological polar surface area (TPSA) is 54.5 Å². The van der Waals surface area contributed by atoms with Crippen molar-refractivity contribution in [2.45, 2.75) is 96.7 Å². The fourth-order valence-corrected chi connectivity index (χ4v) is 2.41. The first-order valence-corrected chi connectivity index (χ1v) is 11.3. The van der Waals surface area contributed by atoms with E-state index in [0.717, 1.165) is 32.8 Å². The molecule has 26 heavy (non-hydrogen) atoms. The molecule has 5 heteroatoms. The molecule has 2 saturated heterocycles. The van der Waals surface area contributed by atoms with E-state index in [0.29, 0.717) is 24.7 Å². The van der Waals surface area contributed by atoms with Gasteiger partial charge in [-0.15, -0.1) is 11.6 Å². The van der Waals surface area contributed by atoms with Crippen molar-refractivity contribution in [1.29, 1.82) is 0 Å². The van der Waals surface area contributed by atoms with Crippen molar-refractivity contribution in [1.82, 2.24) is 0 Å². The molecule has 0 unspecified atom stereocenters. The Morgan fingerprint density at radius 3 is 1.73 bits per heavy atom. The van der Waals surface area contributed by atoms with E-state index in [1.807, 2.05) is 0 Å². The fraction of sp³-hybridized carbons (Fsp3) is 1.00. The zero-order chi connectivity index (χ0) is 19.3. The number of aliphatic hydroxyl groups excluding tert-OH is 1. The van der Waals surface area contributed by atoms with Crippen molar-refractivity contribution >= 4 is 11.6 Å². The molecule has 158 valence electrons. The second-order valence-corrected chi connectivity index (χ2v) is 7.35. The van der Waals surface area contributed by atoms with E-state index in [4.69, 9.17) is 30.9 Å². The van der Waals surface area contributed by atoms with Gasteiger partial charge in [0.15, 0.2) is 0 Å². The van der Waals surface area contributed by atoms with Crippen molar-refractivity contribution in [2.24, 2.45) is 0 Å². The predicted octanol–water partition coefficient (Wildman–Crippen LogP) is 5.34. The molecule has 2 aliphatic heterocycles. The summed E-state index contributed by atoms with van der Waals surface area (Å²) in [5.74, 6) is 0.667. The van der Waals surface area contributed by atoms with Gasteiger partial charge in [-0.05, 0) is 12.8 Å². The van der Waals surface area contributed by atoms with Gasteiger partial charge in [0.2, 0.25) is 0 Å². The summed E-state index contributed by atoms with van der Waals surface area (Å²) in [6.07, 6.45) is 14.9. The van der Waals surface area contributed by atoms with Gasteiger partial charge in [-0.25, -0.2) is 0 Å². The summed E-state index contributed by atoms with van der Waals surface area (Å²) in [6, 6.07) is 0. The molecule has 4 nitrogen and oxygen atoms in total. The maximum atomic E-state index is 8.42. The molecule has 0 bridgehead atoms. The number of hydrogen-bond donors (Lipinski definition) is 1.